The van der Waals surface area contributed by atoms with Gasteiger partial charge in [-0.05, 0) is 64.3 Å². The number of hydrogen-bond donors (Lipinski definition) is 2. The molecular weight excluding hydrogens is 362 g/mol. The van der Waals surface area contributed by atoms with Crippen LogP contribution in [0.3, 0.4) is 0 Å². The lowest BCUT2D eigenvalue weighted by molar-refractivity contribution is 0.0916. The highest BCUT2D eigenvalue weighted by Crippen LogP contribution is 2.25. The lowest BCUT2D eigenvalue weighted by Gasteiger charge is -2.35. The summed E-state index contributed by atoms with van der Waals surface area (Å²) < 4.78 is 0. The lowest BCUT2D eigenvalue weighted by atomic mass is 10.0. The van der Waals surface area contributed by atoms with Gasteiger partial charge < -0.3 is 15.5 Å². The van der Waals surface area contributed by atoms with Crippen LogP contribution in [0.5, 0.6) is 0 Å². The topological polar surface area (TPSA) is 61.4 Å². The first-order valence-corrected chi connectivity index (χ1v) is 10.3. The summed E-state index contributed by atoms with van der Waals surface area (Å²) in [5.41, 5.74) is 3.10. The molecule has 2 aromatic rings. The van der Waals surface area contributed by atoms with Gasteiger partial charge in [0.1, 0.15) is 0 Å². The molecule has 0 atom stereocenters. The summed E-state index contributed by atoms with van der Waals surface area (Å²) in [4.78, 5) is 27.6. The second-order valence-electron chi connectivity index (χ2n) is 8.77. The summed E-state index contributed by atoms with van der Waals surface area (Å²) in [5, 5.41) is 6.22. The molecule has 2 N–H and O–H groups in total. The average molecular weight is 394 g/mol. The number of carbonyl (C=O) groups is 2. The molecule has 3 rings (SSSR count). The van der Waals surface area contributed by atoms with E-state index in [0.29, 0.717) is 5.56 Å². The quantitative estimate of drug-likeness (QED) is 0.828. The van der Waals surface area contributed by atoms with Crippen LogP contribution >= 0.6 is 0 Å². The summed E-state index contributed by atoms with van der Waals surface area (Å²) >= 11 is 0. The van der Waals surface area contributed by atoms with E-state index in [1.807, 2.05) is 76.2 Å². The Hall–Kier alpha value is -2.82. The van der Waals surface area contributed by atoms with E-state index in [2.05, 4.69) is 15.5 Å². The fourth-order valence-electron chi connectivity index (χ4n) is 3.70. The highest BCUT2D eigenvalue weighted by atomic mass is 16.2. The van der Waals surface area contributed by atoms with Crippen LogP contribution < -0.4 is 15.5 Å². The standard InChI is InChI=1S/C24H31N3O2/c1-17-9-5-6-10-19(17)22(28)25-18-13-15-27(16-14-18)21-12-8-7-11-20(21)23(29)26-24(2,3)4/h5-12,18H,13-16H2,1-4H3,(H,25,28)(H,26,29). The molecule has 0 saturated carbocycles. The maximum absolute atomic E-state index is 12.7. The van der Waals surface area contributed by atoms with Gasteiger partial charge in [-0.25, -0.2) is 0 Å². The molecule has 5 heteroatoms. The molecule has 0 aliphatic carbocycles. The predicted octanol–water partition coefficient (Wildman–Crippen LogP) is 3.92. The fourth-order valence-corrected chi connectivity index (χ4v) is 3.70. The fraction of sp³-hybridized carbons (Fsp3) is 0.417. The van der Waals surface area contributed by atoms with Crippen molar-refractivity contribution in [1.82, 2.24) is 10.6 Å². The van der Waals surface area contributed by atoms with E-state index < -0.39 is 0 Å². The molecule has 154 valence electrons. The predicted molar refractivity (Wildman–Crippen MR) is 118 cm³/mol. The van der Waals surface area contributed by atoms with Gasteiger partial charge >= 0.3 is 0 Å². The number of nitrogens with one attached hydrogen (secondary N) is 2. The average Bonchev–Trinajstić information content (AvgIpc) is 2.67. The van der Waals surface area contributed by atoms with E-state index in [4.69, 9.17) is 0 Å². The number of hydrogen-bond acceptors (Lipinski definition) is 3. The number of nitrogens with zero attached hydrogens (tertiary/aromatic N) is 1. The maximum atomic E-state index is 12.7. The van der Waals surface area contributed by atoms with E-state index in [-0.39, 0.29) is 23.4 Å². The monoisotopic (exact) mass is 393 g/mol. The van der Waals surface area contributed by atoms with Gasteiger partial charge in [0.15, 0.2) is 0 Å². The molecule has 0 radical (unpaired) electrons. The molecule has 0 unspecified atom stereocenters. The van der Waals surface area contributed by atoms with Gasteiger partial charge in [-0.2, -0.15) is 0 Å². The third-order valence-corrected chi connectivity index (χ3v) is 5.20. The van der Waals surface area contributed by atoms with Crippen molar-refractivity contribution in [2.75, 3.05) is 18.0 Å². The molecule has 0 bridgehead atoms. The first kappa shape index (κ1) is 20.9. The Kier molecular flexibility index (Phi) is 6.26. The molecule has 0 aromatic heterocycles. The number of aryl methyl sites for hydroxylation is 1. The zero-order valence-electron chi connectivity index (χ0n) is 17.8. The SMILES string of the molecule is Cc1ccccc1C(=O)NC1CCN(c2ccccc2C(=O)NC(C)(C)C)CC1. The van der Waals surface area contributed by atoms with Crippen LogP contribution in [0.2, 0.25) is 0 Å². The van der Waals surface area contributed by atoms with Crippen LogP contribution in [0.4, 0.5) is 5.69 Å². The minimum Gasteiger partial charge on any atom is -0.371 e. The minimum atomic E-state index is -0.281. The molecule has 1 aliphatic rings. The lowest BCUT2D eigenvalue weighted by Crippen LogP contribution is -2.46. The highest BCUT2D eigenvalue weighted by Gasteiger charge is 2.25. The third kappa shape index (κ3) is 5.37. The molecule has 5 nitrogen and oxygen atoms in total. The van der Waals surface area contributed by atoms with Gasteiger partial charge in [-0.3, -0.25) is 9.59 Å². The summed E-state index contributed by atoms with van der Waals surface area (Å²) in [6.45, 7) is 9.51. The molecule has 1 fully saturated rings. The van der Waals surface area contributed by atoms with Crippen LogP contribution in [0.15, 0.2) is 48.5 Å². The van der Waals surface area contributed by atoms with Gasteiger partial charge in [0.2, 0.25) is 0 Å². The van der Waals surface area contributed by atoms with Crippen molar-refractivity contribution in [2.45, 2.75) is 52.1 Å². The van der Waals surface area contributed by atoms with Crippen LogP contribution in [0.25, 0.3) is 0 Å². The van der Waals surface area contributed by atoms with E-state index in [9.17, 15) is 9.59 Å². The zero-order valence-corrected chi connectivity index (χ0v) is 17.8. The Bertz CT molecular complexity index is 878. The number of rotatable bonds is 4. The number of para-hydroxylation sites is 1. The van der Waals surface area contributed by atoms with Gasteiger partial charge in [0.05, 0.1) is 5.56 Å². The van der Waals surface area contributed by atoms with E-state index in [1.54, 1.807) is 0 Å². The van der Waals surface area contributed by atoms with E-state index >= 15 is 0 Å². The van der Waals surface area contributed by atoms with Crippen LogP contribution in [-0.2, 0) is 0 Å². The molecule has 29 heavy (non-hydrogen) atoms. The van der Waals surface area contributed by atoms with Crippen molar-refractivity contribution in [3.05, 3.63) is 65.2 Å². The first-order valence-electron chi connectivity index (χ1n) is 10.3. The molecule has 1 saturated heterocycles. The number of piperidine rings is 1. The van der Waals surface area contributed by atoms with Gasteiger partial charge in [0.25, 0.3) is 11.8 Å². The zero-order chi connectivity index (χ0) is 21.0. The van der Waals surface area contributed by atoms with Crippen molar-refractivity contribution in [3.8, 4) is 0 Å². The first-order chi connectivity index (χ1) is 13.7. The second-order valence-corrected chi connectivity index (χ2v) is 8.77. The van der Waals surface area contributed by atoms with Gasteiger partial charge in [-0.15, -0.1) is 0 Å². The van der Waals surface area contributed by atoms with E-state index in [0.717, 1.165) is 42.7 Å². The van der Waals surface area contributed by atoms with Crippen molar-refractivity contribution >= 4 is 17.5 Å². The number of carbonyl (C=O) groups excluding carboxylic acids is 2. The summed E-state index contributed by atoms with van der Waals surface area (Å²) in [6, 6.07) is 15.6. The summed E-state index contributed by atoms with van der Waals surface area (Å²) in [7, 11) is 0. The molecule has 1 heterocycles. The normalized spacial score (nSPS) is 15.1. The Morgan fingerprint density at radius 1 is 0.897 bits per heavy atom. The Balaban J connectivity index is 1.63. The van der Waals surface area contributed by atoms with Gasteiger partial charge in [-0.1, -0.05) is 30.3 Å². The van der Waals surface area contributed by atoms with Crippen LogP contribution in [0, 0.1) is 6.92 Å². The maximum Gasteiger partial charge on any atom is 0.253 e. The number of benzene rings is 2. The van der Waals surface area contributed by atoms with Gasteiger partial charge in [0, 0.05) is 35.9 Å². The second kappa shape index (κ2) is 8.68. The Morgan fingerprint density at radius 3 is 2.10 bits per heavy atom. The van der Waals surface area contributed by atoms with Crippen LogP contribution in [-0.4, -0.2) is 36.5 Å². The minimum absolute atomic E-state index is 0.00787. The third-order valence-electron chi connectivity index (χ3n) is 5.20. The number of amides is 2. The largest absolute Gasteiger partial charge is 0.371 e. The van der Waals surface area contributed by atoms with Crippen molar-refractivity contribution < 1.29 is 9.59 Å². The summed E-state index contributed by atoms with van der Waals surface area (Å²) in [6.07, 6.45) is 1.71. The summed E-state index contributed by atoms with van der Waals surface area (Å²) in [5.74, 6) is -0.0606. The molecular formula is C24H31N3O2. The molecule has 2 amide bonds. The highest BCUT2D eigenvalue weighted by molar-refractivity contribution is 6.00. The molecule has 0 spiro atoms. The van der Waals surface area contributed by atoms with Crippen LogP contribution in [0.1, 0.15) is 59.9 Å². The number of anilines is 1. The van der Waals surface area contributed by atoms with Crippen molar-refractivity contribution in [1.29, 1.82) is 0 Å². The smallest absolute Gasteiger partial charge is 0.253 e. The Morgan fingerprint density at radius 2 is 1.48 bits per heavy atom. The van der Waals surface area contributed by atoms with Crippen molar-refractivity contribution in [3.63, 3.8) is 0 Å². The molecule has 2 aromatic carbocycles. The van der Waals surface area contributed by atoms with E-state index in [1.165, 1.54) is 0 Å². The van der Waals surface area contributed by atoms with Crippen molar-refractivity contribution in [2.24, 2.45) is 0 Å². The Labute approximate surface area is 173 Å². The molecule has 1 aliphatic heterocycles.